The fourth-order valence-corrected chi connectivity index (χ4v) is 1.94. The second kappa shape index (κ2) is 7.31. The van der Waals surface area contributed by atoms with Crippen LogP contribution >= 0.6 is 0 Å². The molecule has 104 valence electrons. The number of aromatic nitrogens is 2. The molecule has 1 unspecified atom stereocenters. The number of rotatable bonds is 7. The van der Waals surface area contributed by atoms with E-state index in [-0.39, 0.29) is 6.61 Å². The van der Waals surface area contributed by atoms with Crippen molar-refractivity contribution < 1.29 is 4.74 Å². The molecule has 2 aromatic rings. The Morgan fingerprint density at radius 2 is 2.25 bits per heavy atom. The number of hydrogen-bond acceptors (Lipinski definition) is 4. The topological polar surface area (TPSA) is 62.9 Å². The zero-order chi connectivity index (χ0) is 14.2. The molecule has 0 saturated carbocycles. The van der Waals surface area contributed by atoms with Gasteiger partial charge in [0.15, 0.2) is 6.61 Å². The minimum absolute atomic E-state index is 0.0693. The minimum atomic E-state index is 0.0693. The van der Waals surface area contributed by atoms with Gasteiger partial charge in [0.2, 0.25) is 0 Å². The van der Waals surface area contributed by atoms with Gasteiger partial charge in [-0.3, -0.25) is 4.68 Å². The quantitative estimate of drug-likeness (QED) is 0.835. The molecular formula is C15H18N4O. The summed E-state index contributed by atoms with van der Waals surface area (Å²) < 4.78 is 7.30. The SMILES string of the molecule is CC(Cn1cccn1)NCc1ccccc1OCC#N. The Bertz CT molecular complexity index is 560. The van der Waals surface area contributed by atoms with Crippen LogP contribution in [0.1, 0.15) is 12.5 Å². The minimum Gasteiger partial charge on any atom is -0.478 e. The molecule has 1 aromatic carbocycles. The van der Waals surface area contributed by atoms with Crippen LogP contribution in [0, 0.1) is 11.3 Å². The van der Waals surface area contributed by atoms with Crippen molar-refractivity contribution in [2.75, 3.05) is 6.61 Å². The van der Waals surface area contributed by atoms with Crippen LogP contribution in [0.4, 0.5) is 0 Å². The lowest BCUT2D eigenvalue weighted by Crippen LogP contribution is -2.30. The zero-order valence-electron chi connectivity index (χ0n) is 11.5. The van der Waals surface area contributed by atoms with E-state index in [1.165, 1.54) is 0 Å². The summed E-state index contributed by atoms with van der Waals surface area (Å²) in [5, 5.41) is 16.2. The zero-order valence-corrected chi connectivity index (χ0v) is 11.5. The average Bonchev–Trinajstić information content (AvgIpc) is 2.96. The van der Waals surface area contributed by atoms with Crippen molar-refractivity contribution in [1.29, 1.82) is 5.26 Å². The molecule has 0 aliphatic heterocycles. The molecule has 0 amide bonds. The number of ether oxygens (including phenoxy) is 1. The molecule has 0 saturated heterocycles. The van der Waals surface area contributed by atoms with Gasteiger partial charge in [-0.15, -0.1) is 0 Å². The maximum atomic E-state index is 8.58. The lowest BCUT2D eigenvalue weighted by molar-refractivity contribution is 0.360. The van der Waals surface area contributed by atoms with Crippen LogP contribution in [0.5, 0.6) is 5.75 Å². The molecular weight excluding hydrogens is 252 g/mol. The highest BCUT2D eigenvalue weighted by atomic mass is 16.5. The normalized spacial score (nSPS) is 11.8. The Labute approximate surface area is 118 Å². The van der Waals surface area contributed by atoms with Crippen LogP contribution in [-0.4, -0.2) is 22.4 Å². The molecule has 1 N–H and O–H groups in total. The fourth-order valence-electron chi connectivity index (χ4n) is 1.94. The van der Waals surface area contributed by atoms with Gasteiger partial charge in [-0.1, -0.05) is 18.2 Å². The summed E-state index contributed by atoms with van der Waals surface area (Å²) in [4.78, 5) is 0. The molecule has 2 rings (SSSR count). The maximum Gasteiger partial charge on any atom is 0.174 e. The van der Waals surface area contributed by atoms with E-state index < -0.39 is 0 Å². The van der Waals surface area contributed by atoms with Crippen molar-refractivity contribution in [2.45, 2.75) is 26.1 Å². The smallest absolute Gasteiger partial charge is 0.174 e. The first-order valence-corrected chi connectivity index (χ1v) is 6.58. The van der Waals surface area contributed by atoms with Gasteiger partial charge in [0.25, 0.3) is 0 Å². The number of benzene rings is 1. The molecule has 5 heteroatoms. The molecule has 0 spiro atoms. The largest absolute Gasteiger partial charge is 0.478 e. The molecule has 0 aliphatic carbocycles. The Morgan fingerprint density at radius 3 is 3.00 bits per heavy atom. The van der Waals surface area contributed by atoms with Crippen LogP contribution in [0.15, 0.2) is 42.7 Å². The molecule has 0 bridgehead atoms. The summed E-state index contributed by atoms with van der Waals surface area (Å²) in [5.74, 6) is 0.757. The van der Waals surface area contributed by atoms with Crippen molar-refractivity contribution in [3.63, 3.8) is 0 Å². The summed E-state index contributed by atoms with van der Waals surface area (Å²) in [5.41, 5.74) is 1.05. The van der Waals surface area contributed by atoms with Gasteiger partial charge < -0.3 is 10.1 Å². The van der Waals surface area contributed by atoms with Crippen molar-refractivity contribution in [3.8, 4) is 11.8 Å². The number of para-hydroxylation sites is 1. The summed E-state index contributed by atoms with van der Waals surface area (Å²) in [6.45, 7) is 3.69. The predicted octanol–water partition coefficient (Wildman–Crippen LogP) is 1.96. The average molecular weight is 270 g/mol. The molecule has 5 nitrogen and oxygen atoms in total. The highest BCUT2D eigenvalue weighted by molar-refractivity contribution is 5.33. The Hall–Kier alpha value is -2.32. The predicted molar refractivity (Wildman–Crippen MR) is 76.1 cm³/mol. The van der Waals surface area contributed by atoms with Gasteiger partial charge in [0.1, 0.15) is 11.8 Å². The van der Waals surface area contributed by atoms with E-state index in [9.17, 15) is 0 Å². The number of nitrogens with zero attached hydrogens (tertiary/aromatic N) is 3. The van der Waals surface area contributed by atoms with Crippen molar-refractivity contribution in [1.82, 2.24) is 15.1 Å². The van der Waals surface area contributed by atoms with Crippen LogP contribution in [0.2, 0.25) is 0 Å². The summed E-state index contributed by atoms with van der Waals surface area (Å²) in [7, 11) is 0. The van der Waals surface area contributed by atoms with Crippen LogP contribution in [0.3, 0.4) is 0 Å². The molecule has 0 radical (unpaired) electrons. The highest BCUT2D eigenvalue weighted by Gasteiger charge is 2.06. The van der Waals surface area contributed by atoms with Gasteiger partial charge in [0.05, 0.1) is 6.54 Å². The third kappa shape index (κ3) is 4.11. The van der Waals surface area contributed by atoms with E-state index in [0.29, 0.717) is 12.6 Å². The van der Waals surface area contributed by atoms with E-state index in [4.69, 9.17) is 10.00 Å². The molecule has 0 fully saturated rings. The maximum absolute atomic E-state index is 8.58. The number of hydrogen-bond donors (Lipinski definition) is 1. The Kier molecular flexibility index (Phi) is 5.15. The Morgan fingerprint density at radius 1 is 1.40 bits per heavy atom. The first-order valence-electron chi connectivity index (χ1n) is 6.58. The third-order valence-electron chi connectivity index (χ3n) is 2.93. The van der Waals surface area contributed by atoms with Gasteiger partial charge in [0, 0.05) is 30.5 Å². The van der Waals surface area contributed by atoms with Crippen molar-refractivity contribution in [3.05, 3.63) is 48.3 Å². The second-order valence-corrected chi connectivity index (χ2v) is 4.56. The molecule has 1 aromatic heterocycles. The highest BCUT2D eigenvalue weighted by Crippen LogP contribution is 2.17. The molecule has 0 aliphatic rings. The van der Waals surface area contributed by atoms with E-state index in [0.717, 1.165) is 17.9 Å². The standard InChI is InChI=1S/C15H18N4O/c1-13(12-19-9-4-8-18-19)17-11-14-5-2-3-6-15(14)20-10-7-16/h2-6,8-9,13,17H,10-12H2,1H3. The van der Waals surface area contributed by atoms with E-state index in [1.54, 1.807) is 6.20 Å². The van der Waals surface area contributed by atoms with Gasteiger partial charge >= 0.3 is 0 Å². The Balaban J connectivity index is 1.88. The van der Waals surface area contributed by atoms with E-state index >= 15 is 0 Å². The van der Waals surface area contributed by atoms with Crippen LogP contribution < -0.4 is 10.1 Å². The lowest BCUT2D eigenvalue weighted by Gasteiger charge is -2.15. The third-order valence-corrected chi connectivity index (χ3v) is 2.93. The molecule has 1 heterocycles. The lowest BCUT2D eigenvalue weighted by atomic mass is 10.2. The van der Waals surface area contributed by atoms with Crippen molar-refractivity contribution in [2.24, 2.45) is 0 Å². The summed E-state index contributed by atoms with van der Waals surface area (Å²) >= 11 is 0. The number of nitrogens with one attached hydrogen (secondary N) is 1. The fraction of sp³-hybridized carbons (Fsp3) is 0.333. The monoisotopic (exact) mass is 270 g/mol. The first-order chi connectivity index (χ1) is 9.79. The summed E-state index contributed by atoms with van der Waals surface area (Å²) in [6.07, 6.45) is 3.72. The van der Waals surface area contributed by atoms with Crippen LogP contribution in [0.25, 0.3) is 0 Å². The van der Waals surface area contributed by atoms with E-state index in [2.05, 4.69) is 17.3 Å². The van der Waals surface area contributed by atoms with Gasteiger partial charge in [-0.2, -0.15) is 10.4 Å². The summed E-state index contributed by atoms with van der Waals surface area (Å²) in [6, 6.07) is 11.9. The van der Waals surface area contributed by atoms with Gasteiger partial charge in [-0.05, 0) is 19.1 Å². The molecule has 1 atom stereocenters. The molecule has 20 heavy (non-hydrogen) atoms. The van der Waals surface area contributed by atoms with Crippen LogP contribution in [-0.2, 0) is 13.1 Å². The van der Waals surface area contributed by atoms with Crippen molar-refractivity contribution >= 4 is 0 Å². The van der Waals surface area contributed by atoms with Gasteiger partial charge in [-0.25, -0.2) is 0 Å². The second-order valence-electron chi connectivity index (χ2n) is 4.56. The first kappa shape index (κ1) is 14.1. The number of nitriles is 1. The van der Waals surface area contributed by atoms with E-state index in [1.807, 2.05) is 47.3 Å².